The molecule has 1 aromatic carbocycles. The molecule has 2 heterocycles. The highest BCUT2D eigenvalue weighted by atomic mass is 32.2. The molecule has 3 aromatic rings. The van der Waals surface area contributed by atoms with Gasteiger partial charge in [0, 0.05) is 0 Å². The molecule has 0 fully saturated rings. The molecule has 8 N–H and O–H groups in total. The van der Waals surface area contributed by atoms with E-state index < -0.39 is 10.3 Å². The Bertz CT molecular complexity index is 1120. The maximum absolute atomic E-state index is 11.0. The highest BCUT2D eigenvalue weighted by Gasteiger charge is 2.19. The van der Waals surface area contributed by atoms with E-state index >= 15 is 0 Å². The Kier molecular flexibility index (Phi) is 5.45. The monoisotopic (exact) mass is 421 g/mol. The molecule has 12 nitrogen and oxygen atoms in total. The van der Waals surface area contributed by atoms with Crippen molar-refractivity contribution < 1.29 is 22.1 Å². The van der Waals surface area contributed by atoms with Crippen LogP contribution in [0.2, 0.25) is 0 Å². The van der Waals surface area contributed by atoms with Crippen LogP contribution in [0.5, 0.6) is 5.75 Å². The Morgan fingerprint density at radius 2 is 2.03 bits per heavy atom. The van der Waals surface area contributed by atoms with Gasteiger partial charge in [-0.2, -0.15) is 13.4 Å². The van der Waals surface area contributed by atoms with Gasteiger partial charge in [-0.05, 0) is 29.8 Å². The molecule has 0 spiro atoms. The van der Waals surface area contributed by atoms with Crippen LogP contribution in [0.15, 0.2) is 41.0 Å². The first kappa shape index (κ1) is 20.2. The number of ether oxygens (including phenoxy) is 1. The molecular weight excluding hydrogens is 402 g/mol. The summed E-state index contributed by atoms with van der Waals surface area (Å²) in [6, 6.07) is 7.91. The van der Waals surface area contributed by atoms with Gasteiger partial charge in [0.15, 0.2) is 11.6 Å². The number of rotatable bonds is 7. The third kappa shape index (κ3) is 4.66. The van der Waals surface area contributed by atoms with Gasteiger partial charge >= 0.3 is 10.3 Å². The summed E-state index contributed by atoms with van der Waals surface area (Å²) in [5, 5.41) is 1.25. The summed E-state index contributed by atoms with van der Waals surface area (Å²) in [5.41, 5.74) is 13.1. The number of anilines is 4. The number of furan rings is 1. The van der Waals surface area contributed by atoms with Crippen LogP contribution in [0.1, 0.15) is 5.56 Å². The van der Waals surface area contributed by atoms with E-state index in [0.29, 0.717) is 17.0 Å². The van der Waals surface area contributed by atoms with E-state index in [9.17, 15) is 8.42 Å². The van der Waals surface area contributed by atoms with Gasteiger partial charge in [0.25, 0.3) is 0 Å². The zero-order valence-corrected chi connectivity index (χ0v) is 16.0. The average molecular weight is 421 g/mol. The normalized spacial score (nSPS) is 11.3. The van der Waals surface area contributed by atoms with Gasteiger partial charge in [-0.25, -0.2) is 10.8 Å². The molecule has 2 aromatic heterocycles. The van der Waals surface area contributed by atoms with Gasteiger partial charge in [0.1, 0.15) is 17.1 Å². The second-order valence-electron chi connectivity index (χ2n) is 5.88. The summed E-state index contributed by atoms with van der Waals surface area (Å²) >= 11 is 0. The highest BCUT2D eigenvalue weighted by molar-refractivity contribution is 7.87. The number of nitrogens with zero attached hydrogens (tertiary/aromatic N) is 3. The third-order valence-electron chi connectivity index (χ3n) is 3.83. The molecule has 154 valence electrons. The van der Waals surface area contributed by atoms with Crippen LogP contribution in [0.4, 0.5) is 23.1 Å². The van der Waals surface area contributed by atoms with E-state index in [1.54, 1.807) is 24.3 Å². The van der Waals surface area contributed by atoms with E-state index in [4.69, 9.17) is 31.0 Å². The largest absolute Gasteiger partial charge is 0.495 e. The smallest absolute Gasteiger partial charge is 0.357 e. The first-order valence-corrected chi connectivity index (χ1v) is 9.53. The van der Waals surface area contributed by atoms with Crippen LogP contribution in [0, 0.1) is 0 Å². The van der Waals surface area contributed by atoms with Crippen molar-refractivity contribution in [2.24, 2.45) is 5.84 Å². The SMILES string of the molecule is COc1cc(CN(N)c2nc(N)nc(-c3ccco3)c2N)ccc1NS(=O)(=O)O. The zero-order valence-electron chi connectivity index (χ0n) is 15.2. The van der Waals surface area contributed by atoms with E-state index in [1.165, 1.54) is 24.4 Å². The van der Waals surface area contributed by atoms with Gasteiger partial charge < -0.3 is 20.6 Å². The Labute approximate surface area is 166 Å². The van der Waals surface area contributed by atoms with Crippen molar-refractivity contribution in [1.29, 1.82) is 0 Å². The zero-order chi connectivity index (χ0) is 21.2. The summed E-state index contributed by atoms with van der Waals surface area (Å²) in [6.07, 6.45) is 1.47. The average Bonchev–Trinajstić information content (AvgIpc) is 3.17. The molecule has 0 unspecified atom stereocenters. The molecule has 0 radical (unpaired) electrons. The van der Waals surface area contributed by atoms with E-state index in [-0.39, 0.29) is 35.4 Å². The molecule has 0 aliphatic heterocycles. The van der Waals surface area contributed by atoms with Crippen molar-refractivity contribution in [1.82, 2.24) is 9.97 Å². The predicted octanol–water partition coefficient (Wildman–Crippen LogP) is 1.00. The third-order valence-corrected chi connectivity index (χ3v) is 4.31. The molecule has 0 aliphatic rings. The second kappa shape index (κ2) is 7.83. The lowest BCUT2D eigenvalue weighted by atomic mass is 10.2. The fourth-order valence-electron chi connectivity index (χ4n) is 2.62. The first-order chi connectivity index (χ1) is 13.7. The van der Waals surface area contributed by atoms with Crippen LogP contribution in [-0.4, -0.2) is 30.0 Å². The van der Waals surface area contributed by atoms with Crippen LogP contribution in [0.25, 0.3) is 11.5 Å². The quantitative estimate of drug-likeness (QED) is 0.207. The molecule has 3 rings (SSSR count). The van der Waals surface area contributed by atoms with Crippen molar-refractivity contribution in [3.63, 3.8) is 0 Å². The number of nitrogen functional groups attached to an aromatic ring is 2. The lowest BCUT2D eigenvalue weighted by Gasteiger charge is -2.21. The molecule has 0 bridgehead atoms. The van der Waals surface area contributed by atoms with E-state index in [1.807, 2.05) is 4.72 Å². The summed E-state index contributed by atoms with van der Waals surface area (Å²) in [4.78, 5) is 8.19. The number of methoxy groups -OCH3 is 1. The molecular formula is C16H19N7O5S. The number of benzene rings is 1. The lowest BCUT2D eigenvalue weighted by Crippen LogP contribution is -2.32. The van der Waals surface area contributed by atoms with Crippen molar-refractivity contribution in [2.45, 2.75) is 6.54 Å². The summed E-state index contributed by atoms with van der Waals surface area (Å²) in [5.74, 6) is 6.87. The van der Waals surface area contributed by atoms with Crippen LogP contribution >= 0.6 is 0 Å². The van der Waals surface area contributed by atoms with Crippen LogP contribution in [0.3, 0.4) is 0 Å². The van der Waals surface area contributed by atoms with Gasteiger partial charge in [-0.15, -0.1) is 0 Å². The highest BCUT2D eigenvalue weighted by Crippen LogP contribution is 2.32. The fraction of sp³-hybridized carbons (Fsp3) is 0.125. The number of nitrogens with one attached hydrogen (secondary N) is 1. The van der Waals surface area contributed by atoms with Gasteiger partial charge in [0.2, 0.25) is 5.95 Å². The molecule has 0 atom stereocenters. The number of hydrogen-bond donors (Lipinski definition) is 5. The van der Waals surface area contributed by atoms with Gasteiger partial charge in [0.05, 0.1) is 25.6 Å². The van der Waals surface area contributed by atoms with Crippen LogP contribution in [-0.2, 0) is 16.8 Å². The molecule has 0 saturated carbocycles. The summed E-state index contributed by atoms with van der Waals surface area (Å²) in [7, 11) is -3.09. The molecule has 0 saturated heterocycles. The van der Waals surface area contributed by atoms with Crippen molar-refractivity contribution in [3.05, 3.63) is 42.2 Å². The Morgan fingerprint density at radius 3 is 2.66 bits per heavy atom. The number of hydrazine groups is 1. The molecule has 0 amide bonds. The van der Waals surface area contributed by atoms with Crippen molar-refractivity contribution in [2.75, 3.05) is 28.3 Å². The number of nitrogens with two attached hydrogens (primary N) is 3. The minimum Gasteiger partial charge on any atom is -0.495 e. The summed E-state index contributed by atoms with van der Waals surface area (Å²) < 4.78 is 43.4. The Morgan fingerprint density at radius 1 is 1.28 bits per heavy atom. The topological polar surface area (TPSA) is 196 Å². The van der Waals surface area contributed by atoms with E-state index in [2.05, 4.69) is 9.97 Å². The number of hydrogen-bond acceptors (Lipinski definition) is 10. The minimum absolute atomic E-state index is 0.0404. The molecule has 0 aliphatic carbocycles. The van der Waals surface area contributed by atoms with E-state index in [0.717, 1.165) is 0 Å². The standard InChI is InChI=1S/C16H19N7O5S/c1-27-12-7-9(4-5-10(12)22-29(24,25)26)8-23(19)15-13(17)14(20-16(18)21-15)11-3-2-6-28-11/h2-7,22H,8,17,19H2,1H3,(H2,18,20,21)(H,24,25,26). The maximum Gasteiger partial charge on any atom is 0.357 e. The van der Waals surface area contributed by atoms with Gasteiger partial charge in [-0.3, -0.25) is 14.3 Å². The Balaban J connectivity index is 1.90. The van der Waals surface area contributed by atoms with Gasteiger partial charge in [-0.1, -0.05) is 6.07 Å². The predicted molar refractivity (Wildman–Crippen MR) is 107 cm³/mol. The molecule has 29 heavy (non-hydrogen) atoms. The fourth-order valence-corrected chi connectivity index (χ4v) is 3.07. The van der Waals surface area contributed by atoms with Crippen LogP contribution < -0.4 is 31.8 Å². The van der Waals surface area contributed by atoms with Crippen molar-refractivity contribution >= 4 is 33.4 Å². The Hall–Kier alpha value is -3.55. The number of aromatic nitrogens is 2. The molecule has 13 heteroatoms. The first-order valence-electron chi connectivity index (χ1n) is 8.09. The second-order valence-corrected chi connectivity index (χ2v) is 7.04. The minimum atomic E-state index is -4.45. The maximum atomic E-state index is 11.0. The summed E-state index contributed by atoms with van der Waals surface area (Å²) in [6.45, 7) is 0.126. The lowest BCUT2D eigenvalue weighted by molar-refractivity contribution is 0.416. The van der Waals surface area contributed by atoms with Crippen molar-refractivity contribution in [3.8, 4) is 17.2 Å².